The number of aromatic nitrogens is 2. The van der Waals surface area contributed by atoms with Crippen molar-refractivity contribution in [2.75, 3.05) is 0 Å². The third-order valence-electron chi connectivity index (χ3n) is 3.84. The fourth-order valence-corrected chi connectivity index (χ4v) is 2.73. The van der Waals surface area contributed by atoms with Gasteiger partial charge in [0, 0.05) is 5.39 Å². The summed E-state index contributed by atoms with van der Waals surface area (Å²) in [6.07, 6.45) is 0. The van der Waals surface area contributed by atoms with Gasteiger partial charge in [-0.15, -0.1) is 0 Å². The average Bonchev–Trinajstić information content (AvgIpc) is 2.93. The number of hydrogen-bond donors (Lipinski definition) is 0. The molecule has 0 saturated heterocycles. The van der Waals surface area contributed by atoms with Crippen molar-refractivity contribution in [2.45, 2.75) is 6.92 Å². The van der Waals surface area contributed by atoms with Crippen molar-refractivity contribution in [3.63, 3.8) is 0 Å². The van der Waals surface area contributed by atoms with Gasteiger partial charge < -0.3 is 4.42 Å². The van der Waals surface area contributed by atoms with Crippen molar-refractivity contribution < 1.29 is 4.42 Å². The number of aryl methyl sites for hydroxylation is 1. The molecule has 2 aliphatic rings. The second-order valence-corrected chi connectivity index (χ2v) is 5.25. The van der Waals surface area contributed by atoms with Crippen LogP contribution in [0.4, 0.5) is 0 Å². The largest absolute Gasteiger partial charge is 0.460 e. The Labute approximate surface area is 131 Å². The molecule has 2 aliphatic heterocycles. The highest BCUT2D eigenvalue weighted by molar-refractivity contribution is 5.92. The molecule has 0 aromatic heterocycles. The summed E-state index contributed by atoms with van der Waals surface area (Å²) in [6.45, 7) is 1.76. The molecule has 0 bridgehead atoms. The number of benzene rings is 2. The second kappa shape index (κ2) is 4.82. The molecule has 0 atom stereocenters. The molecule has 2 heterocycles. The molecule has 0 fully saturated rings. The predicted octanol–water partition coefficient (Wildman–Crippen LogP) is 3.26. The Bertz CT molecular complexity index is 1100. The zero-order valence-electron chi connectivity index (χ0n) is 12.3. The molecular formula is C18H11N3O2. The van der Waals surface area contributed by atoms with Gasteiger partial charge in [-0.1, -0.05) is 12.1 Å². The maximum atomic E-state index is 12.7. The minimum Gasteiger partial charge on any atom is -0.460 e. The topological polar surface area (TPSA) is 71.8 Å². The van der Waals surface area contributed by atoms with Crippen LogP contribution in [-0.2, 0) is 0 Å². The SMILES string of the molecule is Cc1oc2ccccc2c2nn(-c3ccc(C#N)cc3)c(=O)c1-2. The highest BCUT2D eigenvalue weighted by Crippen LogP contribution is 2.30. The van der Waals surface area contributed by atoms with Crippen LogP contribution in [0.1, 0.15) is 11.3 Å². The normalized spacial score (nSPS) is 11.0. The van der Waals surface area contributed by atoms with Crippen LogP contribution >= 0.6 is 0 Å². The van der Waals surface area contributed by atoms with Crippen LogP contribution in [0.3, 0.4) is 0 Å². The second-order valence-electron chi connectivity index (χ2n) is 5.25. The first-order valence-electron chi connectivity index (χ1n) is 7.11. The van der Waals surface area contributed by atoms with E-state index in [1.807, 2.05) is 24.3 Å². The Kier molecular flexibility index (Phi) is 2.78. The van der Waals surface area contributed by atoms with E-state index in [4.69, 9.17) is 9.68 Å². The number of rotatable bonds is 1. The monoisotopic (exact) mass is 301 g/mol. The van der Waals surface area contributed by atoms with Crippen LogP contribution in [0.5, 0.6) is 0 Å². The maximum Gasteiger partial charge on any atom is 0.284 e. The molecule has 5 heteroatoms. The smallest absolute Gasteiger partial charge is 0.284 e. The summed E-state index contributed by atoms with van der Waals surface area (Å²) in [6, 6.07) is 16.3. The summed E-state index contributed by atoms with van der Waals surface area (Å²) in [4.78, 5) is 12.7. The lowest BCUT2D eigenvalue weighted by Crippen LogP contribution is -2.14. The van der Waals surface area contributed by atoms with Crippen molar-refractivity contribution in [3.05, 3.63) is 70.2 Å². The minimum atomic E-state index is -0.225. The Morgan fingerprint density at radius 1 is 1.13 bits per heavy atom. The fourth-order valence-electron chi connectivity index (χ4n) is 2.73. The maximum absolute atomic E-state index is 12.7. The third-order valence-corrected chi connectivity index (χ3v) is 3.84. The van der Waals surface area contributed by atoms with Gasteiger partial charge in [-0.3, -0.25) is 4.79 Å². The number of nitrogens with zero attached hydrogens (tertiary/aromatic N) is 3. The fraction of sp³-hybridized carbons (Fsp3) is 0.0556. The zero-order valence-corrected chi connectivity index (χ0v) is 12.3. The van der Waals surface area contributed by atoms with Crippen LogP contribution in [0.2, 0.25) is 0 Å². The number of nitriles is 1. The molecule has 23 heavy (non-hydrogen) atoms. The van der Waals surface area contributed by atoms with Gasteiger partial charge in [0.15, 0.2) is 0 Å². The molecule has 0 radical (unpaired) electrons. The van der Waals surface area contributed by atoms with Crippen molar-refractivity contribution in [3.8, 4) is 23.0 Å². The van der Waals surface area contributed by atoms with Crippen molar-refractivity contribution in [1.29, 1.82) is 5.26 Å². The number of hydrogen-bond acceptors (Lipinski definition) is 4. The summed E-state index contributed by atoms with van der Waals surface area (Å²) in [5.74, 6) is 0.545. The van der Waals surface area contributed by atoms with E-state index in [-0.39, 0.29) is 5.56 Å². The molecule has 0 saturated carbocycles. The lowest BCUT2D eigenvalue weighted by atomic mass is 10.1. The van der Waals surface area contributed by atoms with Crippen LogP contribution < -0.4 is 5.56 Å². The van der Waals surface area contributed by atoms with Crippen LogP contribution in [0.15, 0.2) is 57.7 Å². The molecule has 2 aromatic carbocycles. The Morgan fingerprint density at radius 3 is 2.61 bits per heavy atom. The van der Waals surface area contributed by atoms with Crippen molar-refractivity contribution in [1.82, 2.24) is 9.78 Å². The molecular weight excluding hydrogens is 290 g/mol. The van der Waals surface area contributed by atoms with Gasteiger partial charge in [0.2, 0.25) is 0 Å². The van der Waals surface area contributed by atoms with Crippen LogP contribution in [0.25, 0.3) is 27.9 Å². The van der Waals surface area contributed by atoms with E-state index in [9.17, 15) is 4.79 Å². The Hall–Kier alpha value is -3.39. The van der Waals surface area contributed by atoms with Gasteiger partial charge in [-0.25, -0.2) is 0 Å². The molecule has 0 N–H and O–H groups in total. The molecule has 4 rings (SSSR count). The Morgan fingerprint density at radius 2 is 1.87 bits per heavy atom. The van der Waals surface area contributed by atoms with E-state index in [2.05, 4.69) is 11.2 Å². The van der Waals surface area contributed by atoms with E-state index < -0.39 is 0 Å². The molecule has 0 amide bonds. The number of para-hydroxylation sites is 1. The quantitative estimate of drug-likeness (QED) is 0.541. The first-order valence-corrected chi connectivity index (χ1v) is 7.11. The Balaban J connectivity index is 2.05. The first-order chi connectivity index (χ1) is 11.2. The van der Waals surface area contributed by atoms with Gasteiger partial charge in [0.1, 0.15) is 22.6 Å². The third kappa shape index (κ3) is 1.93. The van der Waals surface area contributed by atoms with E-state index in [0.29, 0.717) is 33.9 Å². The highest BCUT2D eigenvalue weighted by Gasteiger charge is 2.23. The molecule has 2 aromatic rings. The van der Waals surface area contributed by atoms with E-state index in [0.717, 1.165) is 5.39 Å². The van der Waals surface area contributed by atoms with Gasteiger partial charge >= 0.3 is 0 Å². The van der Waals surface area contributed by atoms with Crippen LogP contribution in [0, 0.1) is 18.3 Å². The molecule has 0 unspecified atom stereocenters. The lowest BCUT2D eigenvalue weighted by Gasteiger charge is -2.04. The van der Waals surface area contributed by atoms with Gasteiger partial charge in [-0.2, -0.15) is 15.0 Å². The minimum absolute atomic E-state index is 0.225. The summed E-state index contributed by atoms with van der Waals surface area (Å²) in [5.41, 5.74) is 2.73. The molecule has 0 aliphatic carbocycles. The standard InChI is InChI=1S/C18H11N3O2/c1-11-16-17(14-4-2-3-5-15(14)23-11)20-21(18(16)22)13-8-6-12(10-19)7-9-13/h2-9H,1H3. The number of fused-ring (bicyclic) bond motifs is 3. The van der Waals surface area contributed by atoms with Gasteiger partial charge in [0.05, 0.1) is 17.3 Å². The van der Waals surface area contributed by atoms with E-state index in [1.165, 1.54) is 4.68 Å². The lowest BCUT2D eigenvalue weighted by molar-refractivity contribution is 0.567. The van der Waals surface area contributed by atoms with Crippen molar-refractivity contribution in [2.24, 2.45) is 0 Å². The highest BCUT2D eigenvalue weighted by atomic mass is 16.3. The van der Waals surface area contributed by atoms with Crippen LogP contribution in [-0.4, -0.2) is 9.78 Å². The molecule has 110 valence electrons. The van der Waals surface area contributed by atoms with Crippen molar-refractivity contribution >= 4 is 11.0 Å². The average molecular weight is 301 g/mol. The summed E-state index contributed by atoms with van der Waals surface area (Å²) < 4.78 is 7.09. The predicted molar refractivity (Wildman–Crippen MR) is 85.7 cm³/mol. The van der Waals surface area contributed by atoms with Gasteiger partial charge in [-0.05, 0) is 43.3 Å². The summed E-state index contributed by atoms with van der Waals surface area (Å²) in [5, 5.41) is 14.2. The zero-order chi connectivity index (χ0) is 16.0. The molecule has 0 spiro atoms. The van der Waals surface area contributed by atoms with E-state index in [1.54, 1.807) is 31.2 Å². The first kappa shape index (κ1) is 13.3. The summed E-state index contributed by atoms with van der Waals surface area (Å²) in [7, 11) is 0. The van der Waals surface area contributed by atoms with Gasteiger partial charge in [0.25, 0.3) is 5.56 Å². The summed E-state index contributed by atoms with van der Waals surface area (Å²) >= 11 is 0. The molecule has 5 nitrogen and oxygen atoms in total. The van der Waals surface area contributed by atoms with E-state index >= 15 is 0 Å².